The van der Waals surface area contributed by atoms with Crippen molar-refractivity contribution in [3.63, 3.8) is 0 Å². The van der Waals surface area contributed by atoms with Crippen LogP contribution in [0, 0.1) is 5.92 Å². The van der Waals surface area contributed by atoms with E-state index in [1.54, 1.807) is 29.6 Å². The number of aromatic nitrogens is 2. The number of alkyl halides is 3. The first-order chi connectivity index (χ1) is 18.5. The summed E-state index contributed by atoms with van der Waals surface area (Å²) in [5.74, 6) is -2.19. The molecule has 0 bridgehead atoms. The molecule has 1 atom stereocenters. The molecule has 3 aromatic heterocycles. The van der Waals surface area contributed by atoms with E-state index in [9.17, 15) is 27.9 Å². The van der Waals surface area contributed by atoms with Gasteiger partial charge in [-0.15, -0.1) is 24.5 Å². The maximum atomic E-state index is 13.2. The van der Waals surface area contributed by atoms with Gasteiger partial charge in [-0.3, -0.25) is 14.5 Å². The van der Waals surface area contributed by atoms with E-state index in [1.165, 1.54) is 49.7 Å². The molecule has 0 saturated heterocycles. The number of hydrogen-bond donors (Lipinski definition) is 1. The van der Waals surface area contributed by atoms with E-state index >= 15 is 0 Å². The van der Waals surface area contributed by atoms with E-state index in [0.29, 0.717) is 28.3 Å². The number of benzene rings is 1. The summed E-state index contributed by atoms with van der Waals surface area (Å²) in [5, 5.41) is 11.1. The molecule has 0 fully saturated rings. The highest BCUT2D eigenvalue weighted by Gasteiger charge is 2.32. The number of hydrogen-bond acceptors (Lipinski definition) is 8. The third-order valence-corrected chi connectivity index (χ3v) is 6.58. The lowest BCUT2D eigenvalue weighted by molar-refractivity contribution is -0.274. The van der Waals surface area contributed by atoms with Crippen molar-refractivity contribution in [2.24, 2.45) is 5.92 Å². The molecule has 13 heteroatoms. The molecule has 4 aromatic rings. The van der Waals surface area contributed by atoms with Gasteiger partial charge >= 0.3 is 12.3 Å². The number of carboxylic acids is 1. The van der Waals surface area contributed by atoms with Crippen LogP contribution in [0.25, 0.3) is 22.4 Å². The van der Waals surface area contributed by atoms with Crippen molar-refractivity contribution >= 4 is 28.3 Å². The monoisotopic (exact) mass is 561 g/mol. The van der Waals surface area contributed by atoms with Gasteiger partial charge in [0.15, 0.2) is 5.13 Å². The fourth-order valence-corrected chi connectivity index (χ4v) is 4.68. The lowest BCUT2D eigenvalue weighted by Gasteiger charge is -2.20. The molecule has 0 spiro atoms. The summed E-state index contributed by atoms with van der Waals surface area (Å²) in [7, 11) is 2.92. The normalized spacial score (nSPS) is 12.1. The minimum Gasteiger partial charge on any atom is -0.481 e. The summed E-state index contributed by atoms with van der Waals surface area (Å²) in [6.07, 6.45) is -2.30. The Morgan fingerprint density at radius 2 is 1.97 bits per heavy atom. The number of carbonyl (C=O) groups is 2. The Bertz CT molecular complexity index is 1440. The Morgan fingerprint density at radius 1 is 1.18 bits per heavy atom. The molecule has 0 aliphatic rings. The zero-order valence-corrected chi connectivity index (χ0v) is 21.5. The summed E-state index contributed by atoms with van der Waals surface area (Å²) < 4.78 is 53.3. The first-order valence-corrected chi connectivity index (χ1v) is 12.3. The Balaban J connectivity index is 1.67. The van der Waals surface area contributed by atoms with Gasteiger partial charge in [0.1, 0.15) is 11.5 Å². The van der Waals surface area contributed by atoms with Gasteiger partial charge in [0.2, 0.25) is 11.8 Å². The van der Waals surface area contributed by atoms with Crippen LogP contribution in [-0.4, -0.2) is 47.5 Å². The molecule has 9 nitrogen and oxygen atoms in total. The van der Waals surface area contributed by atoms with Crippen LogP contribution in [0.5, 0.6) is 11.6 Å². The van der Waals surface area contributed by atoms with Crippen LogP contribution < -0.4 is 14.4 Å². The fraction of sp³-hybridized carbons (Fsp3) is 0.231. The lowest BCUT2D eigenvalue weighted by atomic mass is 9.98. The highest BCUT2D eigenvalue weighted by atomic mass is 32.1. The number of aliphatic carboxylic acids is 1. The van der Waals surface area contributed by atoms with Crippen LogP contribution >= 0.6 is 11.3 Å². The fourth-order valence-electron chi connectivity index (χ4n) is 3.88. The topological polar surface area (TPSA) is 115 Å². The van der Waals surface area contributed by atoms with Gasteiger partial charge in [0.05, 0.1) is 31.4 Å². The number of furan rings is 1. The summed E-state index contributed by atoms with van der Waals surface area (Å²) >= 11 is 1.08. The van der Waals surface area contributed by atoms with E-state index in [2.05, 4.69) is 14.7 Å². The highest BCUT2D eigenvalue weighted by Crippen LogP contribution is 2.38. The maximum Gasteiger partial charge on any atom is 0.573 e. The molecular weight excluding hydrogens is 539 g/mol. The number of methoxy groups -OCH3 is 1. The number of ether oxygens (including phenoxy) is 2. The van der Waals surface area contributed by atoms with Crippen molar-refractivity contribution in [3.8, 4) is 34.0 Å². The van der Waals surface area contributed by atoms with E-state index in [-0.39, 0.29) is 17.2 Å². The van der Waals surface area contributed by atoms with Crippen LogP contribution in [0.3, 0.4) is 0 Å². The Hall–Kier alpha value is -4.39. The molecule has 0 aliphatic carbocycles. The Labute approximate surface area is 224 Å². The van der Waals surface area contributed by atoms with Crippen LogP contribution in [-0.2, 0) is 16.0 Å². The first kappa shape index (κ1) is 27.6. The number of carboxylic acid groups (broad SMARTS) is 1. The predicted octanol–water partition coefficient (Wildman–Crippen LogP) is 5.67. The lowest BCUT2D eigenvalue weighted by Crippen LogP contribution is -2.35. The van der Waals surface area contributed by atoms with Crippen molar-refractivity contribution in [2.75, 3.05) is 19.1 Å². The summed E-state index contributed by atoms with van der Waals surface area (Å²) in [5.41, 5.74) is 1.70. The van der Waals surface area contributed by atoms with Crippen molar-refractivity contribution in [1.29, 1.82) is 0 Å². The van der Waals surface area contributed by atoms with E-state index in [4.69, 9.17) is 9.15 Å². The quantitative estimate of drug-likeness (QED) is 0.264. The SMILES string of the molecule is COc1ccc(-c2ccc(OC(F)(F)F)cc2-c2csc(N(C)C(=O)[C@@H](CC(=O)O)Cc3ccco3)n2)cn1. The number of anilines is 1. The smallest absolute Gasteiger partial charge is 0.481 e. The number of amides is 1. The van der Waals surface area contributed by atoms with Crippen LogP contribution in [0.2, 0.25) is 0 Å². The second-order valence-corrected chi connectivity index (χ2v) is 9.17. The summed E-state index contributed by atoms with van der Waals surface area (Å²) in [4.78, 5) is 34.5. The number of rotatable bonds is 10. The maximum absolute atomic E-state index is 13.2. The number of nitrogens with zero attached hydrogens (tertiary/aromatic N) is 3. The number of carbonyl (C=O) groups excluding carboxylic acids is 1. The van der Waals surface area contributed by atoms with Crippen molar-refractivity contribution in [1.82, 2.24) is 9.97 Å². The van der Waals surface area contributed by atoms with Crippen molar-refractivity contribution in [2.45, 2.75) is 19.2 Å². The molecule has 1 amide bonds. The van der Waals surface area contributed by atoms with Gasteiger partial charge in [0, 0.05) is 42.2 Å². The highest BCUT2D eigenvalue weighted by molar-refractivity contribution is 7.14. The third-order valence-electron chi connectivity index (χ3n) is 5.66. The molecule has 39 heavy (non-hydrogen) atoms. The molecule has 0 radical (unpaired) electrons. The van der Waals surface area contributed by atoms with E-state index in [0.717, 1.165) is 11.3 Å². The molecule has 3 heterocycles. The molecule has 4 rings (SSSR count). The van der Waals surface area contributed by atoms with E-state index in [1.807, 2.05) is 0 Å². The standard InChI is InChI=1S/C26H22F3N3O6S/c1-32(24(35)16(11-23(33)34)10-17-4-3-9-37-17)25-31-21(14-39-25)20-12-18(38-26(27,28)29)6-7-19(20)15-5-8-22(36-2)30-13-15/h3-9,12-14,16H,10-11H2,1-2H3,(H,33,34)/t16-/m1/s1. The Kier molecular flexibility index (Phi) is 8.19. The molecule has 0 aliphatic heterocycles. The van der Waals surface area contributed by atoms with Crippen LogP contribution in [0.15, 0.2) is 64.7 Å². The molecular formula is C26H22F3N3O6S. The second kappa shape index (κ2) is 11.6. The zero-order chi connectivity index (χ0) is 28.2. The Morgan fingerprint density at radius 3 is 2.59 bits per heavy atom. The van der Waals surface area contributed by atoms with Gasteiger partial charge in [-0.05, 0) is 42.0 Å². The van der Waals surface area contributed by atoms with Gasteiger partial charge in [-0.2, -0.15) is 0 Å². The minimum absolute atomic E-state index is 0.0755. The van der Waals surface area contributed by atoms with Crippen molar-refractivity contribution < 1.29 is 41.8 Å². The molecule has 0 unspecified atom stereocenters. The third kappa shape index (κ3) is 6.93. The molecule has 1 N–H and O–H groups in total. The molecule has 204 valence electrons. The number of pyridine rings is 1. The first-order valence-electron chi connectivity index (χ1n) is 11.4. The molecule has 1 aromatic carbocycles. The largest absolute Gasteiger partial charge is 0.573 e. The van der Waals surface area contributed by atoms with Gasteiger partial charge in [-0.25, -0.2) is 9.97 Å². The van der Waals surface area contributed by atoms with Crippen LogP contribution in [0.1, 0.15) is 12.2 Å². The number of halogens is 3. The number of thiazole rings is 1. The van der Waals surface area contributed by atoms with Gasteiger partial charge in [-0.1, -0.05) is 0 Å². The summed E-state index contributed by atoms with van der Waals surface area (Å²) in [6.45, 7) is 0. The van der Waals surface area contributed by atoms with Gasteiger partial charge in [0.25, 0.3) is 0 Å². The summed E-state index contributed by atoms with van der Waals surface area (Å²) in [6, 6.07) is 10.4. The van der Waals surface area contributed by atoms with E-state index < -0.39 is 36.3 Å². The predicted molar refractivity (Wildman–Crippen MR) is 136 cm³/mol. The molecule has 0 saturated carbocycles. The van der Waals surface area contributed by atoms with Gasteiger partial charge < -0.3 is 19.0 Å². The average Bonchev–Trinajstić information content (AvgIpc) is 3.59. The van der Waals surface area contributed by atoms with Crippen molar-refractivity contribution in [3.05, 3.63) is 66.1 Å². The second-order valence-electron chi connectivity index (χ2n) is 8.34. The zero-order valence-electron chi connectivity index (χ0n) is 20.6. The minimum atomic E-state index is -4.90. The average molecular weight is 562 g/mol. The van der Waals surface area contributed by atoms with Crippen LogP contribution in [0.4, 0.5) is 18.3 Å².